The van der Waals surface area contributed by atoms with Crippen molar-refractivity contribution >= 4 is 11.9 Å². The van der Waals surface area contributed by atoms with Crippen molar-refractivity contribution in [2.45, 2.75) is 51.8 Å². The first-order valence-electron chi connectivity index (χ1n) is 6.87. The summed E-state index contributed by atoms with van der Waals surface area (Å²) in [4.78, 5) is 23.2. The molecule has 0 fully saturated rings. The van der Waals surface area contributed by atoms with Gasteiger partial charge in [-0.3, -0.25) is 9.48 Å². The number of ether oxygens (including phenoxy) is 1. The third kappa shape index (κ3) is 5.95. The summed E-state index contributed by atoms with van der Waals surface area (Å²) >= 11 is 0. The molecule has 0 aliphatic carbocycles. The Morgan fingerprint density at radius 1 is 1.43 bits per heavy atom. The van der Waals surface area contributed by atoms with E-state index in [0.29, 0.717) is 0 Å². The van der Waals surface area contributed by atoms with E-state index in [0.717, 1.165) is 0 Å². The Morgan fingerprint density at radius 3 is 2.57 bits per heavy atom. The topological polar surface area (TPSA) is 93.5 Å². The van der Waals surface area contributed by atoms with Crippen LogP contribution in [-0.4, -0.2) is 45.0 Å². The Balaban J connectivity index is 2.54. The Labute approximate surface area is 124 Å². The highest BCUT2D eigenvalue weighted by molar-refractivity contribution is 5.85. The fourth-order valence-corrected chi connectivity index (χ4v) is 1.66. The summed E-state index contributed by atoms with van der Waals surface area (Å²) in [5.41, 5.74) is -0.338. The Bertz CT molecular complexity index is 465. The minimum Gasteiger partial charge on any atom is -0.480 e. The van der Waals surface area contributed by atoms with Gasteiger partial charge in [0.25, 0.3) is 0 Å². The molecule has 1 aromatic heterocycles. The van der Waals surface area contributed by atoms with Crippen molar-refractivity contribution in [3.8, 4) is 0 Å². The lowest BCUT2D eigenvalue weighted by Crippen LogP contribution is -2.44. The van der Waals surface area contributed by atoms with Crippen LogP contribution in [-0.2, 0) is 14.3 Å². The number of carboxylic acids is 1. The van der Waals surface area contributed by atoms with Gasteiger partial charge in [-0.25, -0.2) is 4.79 Å². The lowest BCUT2D eigenvalue weighted by Gasteiger charge is -2.22. The van der Waals surface area contributed by atoms with Gasteiger partial charge in [0.2, 0.25) is 5.91 Å². The molecule has 0 saturated carbocycles. The van der Waals surface area contributed by atoms with E-state index in [4.69, 9.17) is 4.74 Å². The number of rotatable bonds is 7. The first kappa shape index (κ1) is 17.2. The third-order valence-electron chi connectivity index (χ3n) is 2.86. The molecule has 0 saturated heterocycles. The predicted octanol–water partition coefficient (Wildman–Crippen LogP) is 1.22. The average molecular weight is 297 g/mol. The monoisotopic (exact) mass is 297 g/mol. The molecule has 0 aromatic carbocycles. The zero-order valence-electron chi connectivity index (χ0n) is 12.9. The van der Waals surface area contributed by atoms with Crippen LogP contribution in [0.2, 0.25) is 0 Å². The van der Waals surface area contributed by atoms with Crippen molar-refractivity contribution in [1.29, 1.82) is 0 Å². The van der Waals surface area contributed by atoms with E-state index < -0.39 is 18.1 Å². The van der Waals surface area contributed by atoms with Gasteiger partial charge in [0.05, 0.1) is 5.60 Å². The summed E-state index contributed by atoms with van der Waals surface area (Å²) in [6.45, 7) is 7.59. The quantitative estimate of drug-likeness (QED) is 0.789. The lowest BCUT2D eigenvalue weighted by atomic mass is 10.1. The van der Waals surface area contributed by atoms with Gasteiger partial charge in [-0.2, -0.15) is 5.10 Å². The molecule has 0 bridgehead atoms. The largest absolute Gasteiger partial charge is 0.480 e. The third-order valence-corrected chi connectivity index (χ3v) is 2.86. The molecule has 0 aliphatic heterocycles. The zero-order chi connectivity index (χ0) is 16.0. The number of amides is 1. The molecule has 1 rings (SSSR count). The smallest absolute Gasteiger partial charge is 0.326 e. The van der Waals surface area contributed by atoms with E-state index in [2.05, 4.69) is 10.4 Å². The summed E-state index contributed by atoms with van der Waals surface area (Å²) in [5.74, 6) is -1.46. The minimum absolute atomic E-state index is 0.212. The Hall–Kier alpha value is -1.89. The first-order chi connectivity index (χ1) is 9.70. The van der Waals surface area contributed by atoms with Crippen LogP contribution in [0.4, 0.5) is 0 Å². The fraction of sp³-hybridized carbons (Fsp3) is 0.643. The van der Waals surface area contributed by atoms with Crippen molar-refractivity contribution in [3.63, 3.8) is 0 Å². The molecule has 0 spiro atoms. The molecule has 2 atom stereocenters. The molecule has 1 heterocycles. The van der Waals surface area contributed by atoms with Crippen LogP contribution in [0.5, 0.6) is 0 Å². The molecule has 0 radical (unpaired) electrons. The predicted molar refractivity (Wildman–Crippen MR) is 76.8 cm³/mol. The van der Waals surface area contributed by atoms with Gasteiger partial charge in [-0.1, -0.05) is 0 Å². The second kappa shape index (κ2) is 7.21. The van der Waals surface area contributed by atoms with Gasteiger partial charge in [0.1, 0.15) is 12.1 Å². The van der Waals surface area contributed by atoms with Crippen LogP contribution in [0, 0.1) is 0 Å². The number of hydrogen-bond acceptors (Lipinski definition) is 4. The van der Waals surface area contributed by atoms with Gasteiger partial charge < -0.3 is 15.2 Å². The fourth-order valence-electron chi connectivity index (χ4n) is 1.66. The van der Waals surface area contributed by atoms with Crippen molar-refractivity contribution in [2.24, 2.45) is 0 Å². The van der Waals surface area contributed by atoms with Crippen LogP contribution in [0.25, 0.3) is 0 Å². The molecular weight excluding hydrogens is 274 g/mol. The van der Waals surface area contributed by atoms with Crippen molar-refractivity contribution in [3.05, 3.63) is 18.5 Å². The van der Waals surface area contributed by atoms with Gasteiger partial charge in [0, 0.05) is 25.4 Å². The highest BCUT2D eigenvalue weighted by Crippen LogP contribution is 2.09. The maximum Gasteiger partial charge on any atom is 0.326 e. The van der Waals surface area contributed by atoms with Crippen molar-refractivity contribution in [1.82, 2.24) is 15.1 Å². The van der Waals surface area contributed by atoms with Crippen molar-refractivity contribution < 1.29 is 19.4 Å². The summed E-state index contributed by atoms with van der Waals surface area (Å²) in [6, 6.07) is 0.165. The molecule has 2 N–H and O–H groups in total. The lowest BCUT2D eigenvalue weighted by molar-refractivity contribution is -0.143. The van der Waals surface area contributed by atoms with Gasteiger partial charge in [-0.15, -0.1) is 0 Å². The highest BCUT2D eigenvalue weighted by Gasteiger charge is 2.24. The van der Waals surface area contributed by atoms with Crippen LogP contribution >= 0.6 is 0 Å². The Morgan fingerprint density at radius 2 is 2.10 bits per heavy atom. The summed E-state index contributed by atoms with van der Waals surface area (Å²) < 4.78 is 6.96. The van der Waals surface area contributed by atoms with E-state index >= 15 is 0 Å². The standard InChI is InChI=1S/C14H23N3O4/c1-10(17-8-5-7-15-17)12(18)16-11(13(19)20)6-9-21-14(2,3)4/h5,7-8,10-11H,6,9H2,1-4H3,(H,16,18)(H,19,20). The van der Waals surface area contributed by atoms with E-state index in [9.17, 15) is 14.7 Å². The molecule has 1 aromatic rings. The molecule has 7 heteroatoms. The number of carbonyl (C=O) groups is 2. The zero-order valence-corrected chi connectivity index (χ0v) is 12.9. The minimum atomic E-state index is -1.08. The van der Waals surface area contributed by atoms with E-state index in [1.807, 2.05) is 20.8 Å². The molecule has 1 amide bonds. The number of nitrogens with zero attached hydrogens (tertiary/aromatic N) is 2. The van der Waals surface area contributed by atoms with E-state index in [-0.39, 0.29) is 24.5 Å². The molecule has 7 nitrogen and oxygen atoms in total. The van der Waals surface area contributed by atoms with Crippen molar-refractivity contribution in [2.75, 3.05) is 6.61 Å². The number of nitrogens with one attached hydrogen (secondary N) is 1. The maximum atomic E-state index is 12.0. The molecule has 21 heavy (non-hydrogen) atoms. The molecule has 0 aliphatic rings. The van der Waals surface area contributed by atoms with Crippen LogP contribution in [0.1, 0.15) is 40.2 Å². The average Bonchev–Trinajstić information content (AvgIpc) is 2.88. The SMILES string of the molecule is CC(C(=O)NC(CCOC(C)(C)C)C(=O)O)n1cccn1. The van der Waals surface area contributed by atoms with E-state index in [1.165, 1.54) is 4.68 Å². The molecule has 118 valence electrons. The summed E-state index contributed by atoms with van der Waals surface area (Å²) in [6.07, 6.45) is 3.43. The van der Waals surface area contributed by atoms with Gasteiger partial charge in [-0.05, 0) is 33.8 Å². The number of carboxylic acid groups (broad SMARTS) is 1. The maximum absolute atomic E-state index is 12.0. The normalized spacial score (nSPS) is 14.5. The molecule has 2 unspecified atom stereocenters. The van der Waals surface area contributed by atoms with Crippen LogP contribution in [0.15, 0.2) is 18.5 Å². The number of hydrogen-bond donors (Lipinski definition) is 2. The van der Waals surface area contributed by atoms with Gasteiger partial charge in [0.15, 0.2) is 0 Å². The number of aromatic nitrogens is 2. The summed E-state index contributed by atoms with van der Waals surface area (Å²) in [7, 11) is 0. The second-order valence-electron chi connectivity index (χ2n) is 5.81. The highest BCUT2D eigenvalue weighted by atomic mass is 16.5. The first-order valence-corrected chi connectivity index (χ1v) is 6.87. The summed E-state index contributed by atoms with van der Waals surface area (Å²) in [5, 5.41) is 15.7. The number of carbonyl (C=O) groups excluding carboxylic acids is 1. The van der Waals surface area contributed by atoms with E-state index in [1.54, 1.807) is 25.4 Å². The van der Waals surface area contributed by atoms with Crippen LogP contribution in [0.3, 0.4) is 0 Å². The Kier molecular flexibility index (Phi) is 5.90. The number of aliphatic carboxylic acids is 1. The van der Waals surface area contributed by atoms with Gasteiger partial charge >= 0.3 is 5.97 Å². The second-order valence-corrected chi connectivity index (χ2v) is 5.81. The van der Waals surface area contributed by atoms with Crippen LogP contribution < -0.4 is 5.32 Å². The molecular formula is C14H23N3O4.